The molecule has 2 atom stereocenters. The van der Waals surface area contributed by atoms with Crippen molar-refractivity contribution < 1.29 is 18.0 Å². The van der Waals surface area contributed by atoms with E-state index in [0.29, 0.717) is 6.54 Å². The van der Waals surface area contributed by atoms with E-state index in [1.165, 1.54) is 12.1 Å². The molecule has 1 fully saturated rings. The normalized spacial score (nSPS) is 22.9. The minimum absolute atomic E-state index is 0.106. The molecule has 0 bridgehead atoms. The average Bonchev–Trinajstić information content (AvgIpc) is 2.40. The summed E-state index contributed by atoms with van der Waals surface area (Å²) in [4.78, 5) is 15.5. The molecule has 0 saturated carbocycles. The highest BCUT2D eigenvalue weighted by Gasteiger charge is 2.36. The molecule has 4 nitrogen and oxygen atoms in total. The zero-order valence-corrected chi connectivity index (χ0v) is 12.9. The van der Waals surface area contributed by atoms with E-state index >= 15 is 0 Å². The number of nitrogens with zero attached hydrogens (tertiary/aromatic N) is 1. The molecule has 0 spiro atoms. The molecule has 2 heterocycles. The topological polar surface area (TPSA) is 54.0 Å². The van der Waals surface area contributed by atoms with Crippen molar-refractivity contribution in [3.05, 3.63) is 28.0 Å². The lowest BCUT2D eigenvalue weighted by molar-refractivity contribution is -0.141. The van der Waals surface area contributed by atoms with Gasteiger partial charge in [0, 0.05) is 17.1 Å². The Morgan fingerprint density at radius 3 is 2.81 bits per heavy atom. The summed E-state index contributed by atoms with van der Waals surface area (Å²) in [5.74, 6) is -0.318. The van der Waals surface area contributed by atoms with Gasteiger partial charge in [-0.2, -0.15) is 13.2 Å². The van der Waals surface area contributed by atoms with Gasteiger partial charge in [-0.3, -0.25) is 4.79 Å². The Balaban J connectivity index is 2.16. The number of pyridine rings is 1. The van der Waals surface area contributed by atoms with Crippen LogP contribution in [0.25, 0.3) is 0 Å². The third-order valence-corrected chi connectivity index (χ3v) is 4.13. The fourth-order valence-corrected chi connectivity index (χ4v) is 2.64. The minimum atomic E-state index is -4.60. The highest BCUT2D eigenvalue weighted by Crippen LogP contribution is 2.33. The molecule has 0 radical (unpaired) electrons. The predicted octanol–water partition coefficient (Wildman–Crippen LogP) is 2.59. The first kappa shape index (κ1) is 16.2. The average molecular weight is 366 g/mol. The van der Waals surface area contributed by atoms with Crippen LogP contribution in [-0.4, -0.2) is 30.0 Å². The number of carbonyl (C=O) groups excluding carboxylic acids is 1. The van der Waals surface area contributed by atoms with Crippen LogP contribution >= 0.6 is 15.9 Å². The third kappa shape index (κ3) is 3.94. The Bertz CT molecular complexity index is 536. The molecule has 21 heavy (non-hydrogen) atoms. The molecule has 2 N–H and O–H groups in total. The molecule has 2 unspecified atom stereocenters. The van der Waals surface area contributed by atoms with Crippen LogP contribution in [0, 0.1) is 5.92 Å². The van der Waals surface area contributed by atoms with Crippen molar-refractivity contribution in [3.63, 3.8) is 0 Å². The quantitative estimate of drug-likeness (QED) is 0.846. The molecule has 1 amide bonds. The van der Waals surface area contributed by atoms with Gasteiger partial charge in [0.25, 0.3) is 5.91 Å². The Hall–Kier alpha value is -1.15. The lowest BCUT2D eigenvalue weighted by atomic mass is 9.95. The maximum atomic E-state index is 12.8. The number of alkyl halides is 3. The standard InChI is InChI=1S/C13H15BrF3N3O/c1-7-4-5-18-6-10(7)20-12(21)9-3-2-8(14)11(19-9)13(15,16)17/h2-3,7,10,18H,4-6H2,1H3,(H,20,21). The third-order valence-electron chi connectivity index (χ3n) is 3.49. The van der Waals surface area contributed by atoms with Gasteiger partial charge < -0.3 is 10.6 Å². The maximum absolute atomic E-state index is 12.8. The van der Waals surface area contributed by atoms with Crippen molar-refractivity contribution in [3.8, 4) is 0 Å². The summed E-state index contributed by atoms with van der Waals surface area (Å²) in [6, 6.07) is 2.36. The Morgan fingerprint density at radius 2 is 2.19 bits per heavy atom. The lowest BCUT2D eigenvalue weighted by Crippen LogP contribution is -2.50. The first-order valence-electron chi connectivity index (χ1n) is 6.54. The van der Waals surface area contributed by atoms with Crippen molar-refractivity contribution in [2.24, 2.45) is 5.92 Å². The number of halogens is 4. The van der Waals surface area contributed by atoms with E-state index in [2.05, 4.69) is 31.5 Å². The van der Waals surface area contributed by atoms with Crippen molar-refractivity contribution in [2.45, 2.75) is 25.6 Å². The van der Waals surface area contributed by atoms with E-state index in [1.807, 2.05) is 6.92 Å². The molecular formula is C13H15BrF3N3O. The Morgan fingerprint density at radius 1 is 1.48 bits per heavy atom. The number of nitrogens with one attached hydrogen (secondary N) is 2. The van der Waals surface area contributed by atoms with E-state index in [-0.39, 0.29) is 22.1 Å². The lowest BCUT2D eigenvalue weighted by Gasteiger charge is -2.30. The van der Waals surface area contributed by atoms with Crippen LogP contribution in [0.4, 0.5) is 13.2 Å². The fraction of sp³-hybridized carbons (Fsp3) is 0.538. The van der Waals surface area contributed by atoms with Gasteiger partial charge in [0.1, 0.15) is 5.69 Å². The van der Waals surface area contributed by atoms with Crippen LogP contribution < -0.4 is 10.6 Å². The van der Waals surface area contributed by atoms with E-state index in [4.69, 9.17) is 0 Å². The van der Waals surface area contributed by atoms with Crippen molar-refractivity contribution in [1.29, 1.82) is 0 Å². The van der Waals surface area contributed by atoms with Gasteiger partial charge in [-0.1, -0.05) is 6.92 Å². The smallest absolute Gasteiger partial charge is 0.346 e. The van der Waals surface area contributed by atoms with Crippen molar-refractivity contribution >= 4 is 21.8 Å². The Labute approximate surface area is 128 Å². The number of hydrogen-bond donors (Lipinski definition) is 2. The van der Waals surface area contributed by atoms with Gasteiger partial charge in [-0.25, -0.2) is 4.98 Å². The largest absolute Gasteiger partial charge is 0.434 e. The molecule has 1 saturated heterocycles. The van der Waals surface area contributed by atoms with Crippen LogP contribution in [0.3, 0.4) is 0 Å². The van der Waals surface area contributed by atoms with Gasteiger partial charge in [-0.05, 0) is 46.9 Å². The molecule has 1 aliphatic heterocycles. The van der Waals surface area contributed by atoms with Gasteiger partial charge in [0.2, 0.25) is 0 Å². The molecule has 1 aromatic rings. The van der Waals surface area contributed by atoms with Gasteiger partial charge in [0.05, 0.1) is 0 Å². The van der Waals surface area contributed by atoms with Crippen LogP contribution in [0.5, 0.6) is 0 Å². The summed E-state index contributed by atoms with van der Waals surface area (Å²) in [5.41, 5.74) is -1.33. The van der Waals surface area contributed by atoms with Crippen LogP contribution in [-0.2, 0) is 6.18 Å². The first-order chi connectivity index (χ1) is 9.79. The molecule has 2 rings (SSSR count). The molecule has 1 aromatic heterocycles. The second-order valence-corrected chi connectivity index (χ2v) is 5.93. The second-order valence-electron chi connectivity index (χ2n) is 5.07. The van der Waals surface area contributed by atoms with Gasteiger partial charge in [-0.15, -0.1) is 0 Å². The zero-order valence-electron chi connectivity index (χ0n) is 11.3. The number of hydrogen-bond acceptors (Lipinski definition) is 3. The van der Waals surface area contributed by atoms with Gasteiger partial charge in [0.15, 0.2) is 5.69 Å². The SMILES string of the molecule is CC1CCNCC1NC(=O)c1ccc(Br)c(C(F)(F)F)n1. The molecule has 1 aliphatic rings. The van der Waals surface area contributed by atoms with E-state index in [1.54, 1.807) is 0 Å². The van der Waals surface area contributed by atoms with E-state index in [9.17, 15) is 18.0 Å². The molecule has 0 aromatic carbocycles. The predicted molar refractivity (Wildman–Crippen MR) is 74.8 cm³/mol. The second kappa shape index (κ2) is 6.31. The van der Waals surface area contributed by atoms with Gasteiger partial charge >= 0.3 is 6.18 Å². The van der Waals surface area contributed by atoms with Crippen molar-refractivity contribution in [2.75, 3.05) is 13.1 Å². The summed E-state index contributed by atoms with van der Waals surface area (Å²) >= 11 is 2.80. The first-order valence-corrected chi connectivity index (χ1v) is 7.33. The molecular weight excluding hydrogens is 351 g/mol. The summed E-state index contributed by atoms with van der Waals surface area (Å²) < 4.78 is 38.2. The summed E-state index contributed by atoms with van der Waals surface area (Å²) in [7, 11) is 0. The van der Waals surface area contributed by atoms with Crippen LogP contribution in [0.2, 0.25) is 0 Å². The summed E-state index contributed by atoms with van der Waals surface area (Å²) in [5, 5.41) is 5.88. The Kier molecular flexibility index (Phi) is 4.88. The highest BCUT2D eigenvalue weighted by atomic mass is 79.9. The monoisotopic (exact) mass is 365 g/mol. The van der Waals surface area contributed by atoms with Crippen molar-refractivity contribution in [1.82, 2.24) is 15.6 Å². The maximum Gasteiger partial charge on any atom is 0.434 e. The van der Waals surface area contributed by atoms with Crippen LogP contribution in [0.1, 0.15) is 29.5 Å². The molecule has 8 heteroatoms. The number of rotatable bonds is 2. The van der Waals surface area contributed by atoms with E-state index < -0.39 is 17.8 Å². The van der Waals surface area contributed by atoms with E-state index in [0.717, 1.165) is 13.0 Å². The zero-order chi connectivity index (χ0) is 15.6. The summed E-state index contributed by atoms with van der Waals surface area (Å²) in [6.45, 7) is 3.49. The molecule has 0 aliphatic carbocycles. The number of amides is 1. The highest BCUT2D eigenvalue weighted by molar-refractivity contribution is 9.10. The number of piperidine rings is 1. The molecule has 116 valence electrons. The minimum Gasteiger partial charge on any atom is -0.346 e. The fourth-order valence-electron chi connectivity index (χ4n) is 2.19. The van der Waals surface area contributed by atoms with Crippen LogP contribution in [0.15, 0.2) is 16.6 Å². The number of carbonyl (C=O) groups is 1. The number of aromatic nitrogens is 1. The summed E-state index contributed by atoms with van der Waals surface area (Å²) in [6.07, 6.45) is -3.69.